The van der Waals surface area contributed by atoms with E-state index in [-0.39, 0.29) is 0 Å². The molecule has 1 aromatic rings. The van der Waals surface area contributed by atoms with E-state index in [4.69, 9.17) is 16.6 Å². The van der Waals surface area contributed by atoms with Gasteiger partial charge in [0.2, 0.25) is 0 Å². The number of benzene rings is 1. The molecular weight excluding hydrogens is 311 g/mol. The van der Waals surface area contributed by atoms with Crippen molar-refractivity contribution < 1.29 is 0 Å². The fourth-order valence-electron chi connectivity index (χ4n) is 2.23. The second-order valence-electron chi connectivity index (χ2n) is 4.74. The predicted molar refractivity (Wildman–Crippen MR) is 79.9 cm³/mol. The van der Waals surface area contributed by atoms with Gasteiger partial charge < -0.3 is 0 Å². The van der Waals surface area contributed by atoms with Gasteiger partial charge in [-0.15, -0.1) is 0 Å². The van der Waals surface area contributed by atoms with Crippen LogP contribution in [0, 0.1) is 0 Å². The third-order valence-electron chi connectivity index (χ3n) is 3.37. The summed E-state index contributed by atoms with van der Waals surface area (Å²) in [5.74, 6) is 0. The Morgan fingerprint density at radius 1 is 1.22 bits per heavy atom. The number of nitrogens with zero attached hydrogens (tertiary/aromatic N) is 2. The van der Waals surface area contributed by atoms with Crippen LogP contribution >= 0.6 is 11.6 Å². The molecule has 1 radical (unpaired) electrons. The summed E-state index contributed by atoms with van der Waals surface area (Å²) >= 11 is 8.98. The topological polar surface area (TPSA) is 15.6 Å². The van der Waals surface area contributed by atoms with E-state index in [1.807, 2.05) is 31.3 Å². The van der Waals surface area contributed by atoms with E-state index >= 15 is 0 Å². The Morgan fingerprint density at radius 2 is 1.83 bits per heavy atom. The molecule has 0 atom stereocenters. The molecule has 1 saturated carbocycles. The first-order chi connectivity index (χ1) is 8.66. The van der Waals surface area contributed by atoms with E-state index in [0.29, 0.717) is 6.04 Å². The van der Waals surface area contributed by atoms with E-state index in [0.717, 1.165) is 15.4 Å². The molecule has 2 nitrogen and oxygen atoms in total. The molecule has 2 rings (SSSR count). The molecule has 0 saturated heterocycles. The molecule has 0 heterocycles. The summed E-state index contributed by atoms with van der Waals surface area (Å²) in [6.07, 6.45) is 6.43. The van der Waals surface area contributed by atoms with Crippen LogP contribution in [0.3, 0.4) is 0 Å². The van der Waals surface area contributed by atoms with Crippen LogP contribution in [0.25, 0.3) is 0 Å². The molecule has 97 valence electrons. The molecule has 0 amide bonds. The monoisotopic (exact) mass is 329 g/mol. The number of hydrogen-bond donors (Lipinski definition) is 0. The van der Waals surface area contributed by atoms with E-state index in [1.165, 1.54) is 32.1 Å². The molecule has 0 bridgehead atoms. The molecular formula is C14H18ClN2Se. The van der Waals surface area contributed by atoms with Crippen molar-refractivity contribution >= 4 is 38.0 Å². The molecule has 0 unspecified atom stereocenters. The van der Waals surface area contributed by atoms with Crippen molar-refractivity contribution in [1.82, 2.24) is 0 Å². The Bertz CT molecular complexity index is 410. The second kappa shape index (κ2) is 6.60. The van der Waals surface area contributed by atoms with Crippen molar-refractivity contribution in [3.8, 4) is 0 Å². The van der Waals surface area contributed by atoms with E-state index < -0.39 is 0 Å². The Balaban J connectivity index is 2.05. The summed E-state index contributed by atoms with van der Waals surface area (Å²) in [5, 5.41) is 0.762. The van der Waals surface area contributed by atoms with Crippen LogP contribution in [0.4, 0.5) is 5.69 Å². The standard InChI is InChI=1S/C14H18ClN2Se/c1-17(13-9-7-11(15)8-10-13)14(18)16-12-5-3-2-4-6-12/h7-10,12H,2-6H2,1H3. The van der Waals surface area contributed by atoms with Gasteiger partial charge in [-0.1, -0.05) is 0 Å². The maximum atomic E-state index is 5.89. The minimum absolute atomic E-state index is 0.491. The van der Waals surface area contributed by atoms with Gasteiger partial charge in [-0.2, -0.15) is 0 Å². The molecule has 1 aromatic carbocycles. The predicted octanol–water partition coefficient (Wildman–Crippen LogP) is 3.63. The zero-order valence-corrected chi connectivity index (χ0v) is 13.1. The normalized spacial score (nSPS) is 17.8. The molecule has 4 heteroatoms. The third-order valence-corrected chi connectivity index (χ3v) is 4.42. The van der Waals surface area contributed by atoms with Crippen LogP contribution in [-0.4, -0.2) is 33.8 Å². The minimum atomic E-state index is 0.491. The van der Waals surface area contributed by atoms with Crippen LogP contribution < -0.4 is 4.90 Å². The SMILES string of the molecule is CN(C([Se])=NC1CCCCC1)c1ccc(Cl)cc1. The van der Waals surface area contributed by atoms with Gasteiger partial charge in [0.1, 0.15) is 0 Å². The Kier molecular flexibility index (Phi) is 5.11. The van der Waals surface area contributed by atoms with Crippen molar-refractivity contribution in [3.05, 3.63) is 29.3 Å². The maximum absolute atomic E-state index is 5.89. The Labute approximate surface area is 122 Å². The number of aliphatic imine (C=N–C) groups is 1. The summed E-state index contributed by atoms with van der Waals surface area (Å²) < 4.78 is 0.962. The third kappa shape index (κ3) is 3.74. The molecule has 0 N–H and O–H groups in total. The van der Waals surface area contributed by atoms with Gasteiger partial charge in [0, 0.05) is 0 Å². The number of hydrogen-bond acceptors (Lipinski definition) is 1. The van der Waals surface area contributed by atoms with E-state index in [1.54, 1.807) is 0 Å². The fraction of sp³-hybridized carbons (Fsp3) is 0.500. The van der Waals surface area contributed by atoms with Crippen LogP contribution in [0.1, 0.15) is 32.1 Å². The van der Waals surface area contributed by atoms with Crippen LogP contribution in [0.2, 0.25) is 5.02 Å². The first-order valence-corrected chi connectivity index (χ1v) is 7.64. The number of rotatable bonds is 2. The average Bonchev–Trinajstić information content (AvgIpc) is 2.40. The van der Waals surface area contributed by atoms with Crippen LogP contribution in [-0.2, 0) is 0 Å². The van der Waals surface area contributed by atoms with Crippen molar-refractivity contribution in [1.29, 1.82) is 0 Å². The number of halogens is 1. The van der Waals surface area contributed by atoms with Crippen molar-refractivity contribution in [2.24, 2.45) is 4.99 Å². The first kappa shape index (κ1) is 13.9. The number of anilines is 1. The zero-order valence-electron chi connectivity index (χ0n) is 10.6. The van der Waals surface area contributed by atoms with Gasteiger partial charge in [0.25, 0.3) is 0 Å². The van der Waals surface area contributed by atoms with Crippen molar-refractivity contribution in [3.63, 3.8) is 0 Å². The fourth-order valence-corrected chi connectivity index (χ4v) is 2.89. The van der Waals surface area contributed by atoms with Crippen LogP contribution in [0.15, 0.2) is 29.3 Å². The summed E-state index contributed by atoms with van der Waals surface area (Å²) in [7, 11) is 2.03. The van der Waals surface area contributed by atoms with Gasteiger partial charge in [0.15, 0.2) is 0 Å². The summed E-state index contributed by atoms with van der Waals surface area (Å²) in [6.45, 7) is 0. The van der Waals surface area contributed by atoms with Gasteiger partial charge >= 0.3 is 122 Å². The number of amidine groups is 1. The van der Waals surface area contributed by atoms with Gasteiger partial charge in [0.05, 0.1) is 0 Å². The molecule has 0 aromatic heterocycles. The first-order valence-electron chi connectivity index (χ1n) is 6.41. The molecule has 18 heavy (non-hydrogen) atoms. The summed E-state index contributed by atoms with van der Waals surface area (Å²) in [4.78, 5) is 6.86. The zero-order chi connectivity index (χ0) is 13.0. The quantitative estimate of drug-likeness (QED) is 0.460. The second-order valence-corrected chi connectivity index (χ2v) is 5.94. The molecule has 0 aliphatic heterocycles. The molecule has 1 aliphatic rings. The van der Waals surface area contributed by atoms with Gasteiger partial charge in [-0.25, -0.2) is 0 Å². The summed E-state index contributed by atoms with van der Waals surface area (Å²) in [5.41, 5.74) is 1.10. The Morgan fingerprint density at radius 3 is 2.44 bits per heavy atom. The summed E-state index contributed by atoms with van der Waals surface area (Å²) in [6, 6.07) is 8.32. The molecule has 0 spiro atoms. The molecule has 1 aliphatic carbocycles. The Hall–Kier alpha value is -0.501. The van der Waals surface area contributed by atoms with Gasteiger partial charge in [-0.3, -0.25) is 0 Å². The van der Waals surface area contributed by atoms with E-state index in [2.05, 4.69) is 20.9 Å². The van der Waals surface area contributed by atoms with E-state index in [9.17, 15) is 0 Å². The molecule has 1 fully saturated rings. The van der Waals surface area contributed by atoms with Gasteiger partial charge in [-0.05, 0) is 0 Å². The van der Waals surface area contributed by atoms with Crippen molar-refractivity contribution in [2.45, 2.75) is 38.1 Å². The average molecular weight is 329 g/mol. The van der Waals surface area contributed by atoms with Crippen LogP contribution in [0.5, 0.6) is 0 Å². The van der Waals surface area contributed by atoms with Crippen molar-refractivity contribution in [2.75, 3.05) is 11.9 Å².